The van der Waals surface area contributed by atoms with Crippen molar-refractivity contribution in [2.75, 3.05) is 11.3 Å². The van der Waals surface area contributed by atoms with E-state index in [9.17, 15) is 13.2 Å². The van der Waals surface area contributed by atoms with Gasteiger partial charge in [0.2, 0.25) is 0 Å². The number of carbonyl (C=O) groups is 1. The Balaban J connectivity index is 2.34. The molecule has 0 unspecified atom stereocenters. The molecule has 0 saturated heterocycles. The molecule has 0 aliphatic rings. The molecular weight excluding hydrogens is 312 g/mol. The van der Waals surface area contributed by atoms with Crippen molar-refractivity contribution >= 4 is 33.0 Å². The summed E-state index contributed by atoms with van der Waals surface area (Å²) >= 11 is 1.17. The predicted octanol–water partition coefficient (Wildman–Crippen LogP) is 2.37. The van der Waals surface area contributed by atoms with Crippen LogP contribution in [0, 0.1) is 6.92 Å². The molecule has 0 aliphatic carbocycles. The van der Waals surface area contributed by atoms with Crippen molar-refractivity contribution in [2.45, 2.75) is 18.1 Å². The van der Waals surface area contributed by atoms with E-state index in [4.69, 9.17) is 4.74 Å². The molecule has 0 atom stereocenters. The third-order valence-electron chi connectivity index (χ3n) is 2.77. The molecule has 0 aromatic carbocycles. The van der Waals surface area contributed by atoms with Crippen molar-refractivity contribution in [1.82, 2.24) is 4.57 Å². The Kier molecular flexibility index (Phi) is 4.38. The van der Waals surface area contributed by atoms with Crippen molar-refractivity contribution in [3.63, 3.8) is 0 Å². The van der Waals surface area contributed by atoms with Crippen molar-refractivity contribution in [2.24, 2.45) is 7.05 Å². The van der Waals surface area contributed by atoms with Crippen LogP contribution in [0.1, 0.15) is 22.3 Å². The number of rotatable bonds is 5. The Morgan fingerprint density at radius 1 is 1.38 bits per heavy atom. The lowest BCUT2D eigenvalue weighted by Crippen LogP contribution is -2.16. The number of hydrogen-bond donors (Lipinski definition) is 1. The van der Waals surface area contributed by atoms with Crippen LogP contribution in [0.15, 0.2) is 28.6 Å². The number of thiophene rings is 1. The molecule has 6 nitrogen and oxygen atoms in total. The molecule has 0 bridgehead atoms. The Labute approximate surface area is 127 Å². The van der Waals surface area contributed by atoms with Crippen LogP contribution in [0.2, 0.25) is 0 Å². The summed E-state index contributed by atoms with van der Waals surface area (Å²) in [5.41, 5.74) is 0.385. The number of aromatic nitrogens is 1. The summed E-state index contributed by atoms with van der Waals surface area (Å²) < 4.78 is 33.7. The summed E-state index contributed by atoms with van der Waals surface area (Å²) in [5, 5.41) is 0. The first-order chi connectivity index (χ1) is 9.85. The molecule has 0 aliphatic heterocycles. The zero-order chi connectivity index (χ0) is 15.6. The second-order valence-corrected chi connectivity index (χ2v) is 7.58. The predicted molar refractivity (Wildman–Crippen MR) is 81.2 cm³/mol. The van der Waals surface area contributed by atoms with Gasteiger partial charge in [0, 0.05) is 18.1 Å². The molecule has 8 heteroatoms. The van der Waals surface area contributed by atoms with Crippen LogP contribution in [0.3, 0.4) is 0 Å². The number of aryl methyl sites for hydroxylation is 2. The largest absolute Gasteiger partial charge is 0.461 e. The van der Waals surface area contributed by atoms with Gasteiger partial charge in [-0.3, -0.25) is 4.72 Å². The van der Waals surface area contributed by atoms with E-state index in [1.807, 2.05) is 6.92 Å². The SMILES string of the molecule is CCOC(=O)c1c(NS(=O)(=O)c2ccc(C)s2)ccn1C. The highest BCUT2D eigenvalue weighted by Gasteiger charge is 2.23. The van der Waals surface area contributed by atoms with Crippen LogP contribution < -0.4 is 4.72 Å². The fourth-order valence-electron chi connectivity index (χ4n) is 1.82. The van der Waals surface area contributed by atoms with E-state index < -0.39 is 16.0 Å². The normalized spacial score (nSPS) is 11.4. The zero-order valence-electron chi connectivity index (χ0n) is 11.9. The summed E-state index contributed by atoms with van der Waals surface area (Å²) in [6.45, 7) is 3.75. The lowest BCUT2D eigenvalue weighted by atomic mass is 10.4. The van der Waals surface area contributed by atoms with E-state index in [1.165, 1.54) is 28.0 Å². The van der Waals surface area contributed by atoms with E-state index in [0.29, 0.717) is 0 Å². The highest BCUT2D eigenvalue weighted by molar-refractivity contribution is 7.94. The van der Waals surface area contributed by atoms with E-state index in [2.05, 4.69) is 4.72 Å². The average molecular weight is 328 g/mol. The topological polar surface area (TPSA) is 77.4 Å². The molecule has 0 amide bonds. The molecule has 2 heterocycles. The van der Waals surface area contributed by atoms with E-state index >= 15 is 0 Å². The highest BCUT2D eigenvalue weighted by Crippen LogP contribution is 2.25. The lowest BCUT2D eigenvalue weighted by Gasteiger charge is -2.09. The molecule has 2 aromatic rings. The van der Waals surface area contributed by atoms with Gasteiger partial charge < -0.3 is 9.30 Å². The molecule has 2 aromatic heterocycles. The molecule has 21 heavy (non-hydrogen) atoms. The Morgan fingerprint density at radius 3 is 2.67 bits per heavy atom. The summed E-state index contributed by atoms with van der Waals surface area (Å²) in [7, 11) is -2.05. The van der Waals surface area contributed by atoms with Gasteiger partial charge in [-0.25, -0.2) is 13.2 Å². The van der Waals surface area contributed by atoms with E-state index in [0.717, 1.165) is 4.88 Å². The Hall–Kier alpha value is -1.80. The Morgan fingerprint density at radius 2 is 2.10 bits per heavy atom. The number of anilines is 1. The number of nitrogens with zero attached hydrogens (tertiary/aromatic N) is 1. The van der Waals surface area contributed by atoms with Gasteiger partial charge in [-0.2, -0.15) is 0 Å². The smallest absolute Gasteiger partial charge is 0.357 e. The Bertz CT molecular complexity index is 759. The van der Waals surface area contributed by atoms with Crippen LogP contribution in [0.25, 0.3) is 0 Å². The van der Waals surface area contributed by atoms with Crippen LogP contribution >= 0.6 is 11.3 Å². The van der Waals surface area contributed by atoms with Crippen molar-refractivity contribution in [3.8, 4) is 0 Å². The summed E-state index contributed by atoms with van der Waals surface area (Å²) in [6.07, 6.45) is 1.60. The molecule has 0 saturated carbocycles. The maximum atomic E-state index is 12.3. The van der Waals surface area contributed by atoms with Gasteiger partial charge in [0.05, 0.1) is 12.3 Å². The number of hydrogen-bond acceptors (Lipinski definition) is 5. The van der Waals surface area contributed by atoms with Gasteiger partial charge in [-0.15, -0.1) is 11.3 Å². The average Bonchev–Trinajstić information content (AvgIpc) is 2.97. The fourth-order valence-corrected chi connectivity index (χ4v) is 4.17. The highest BCUT2D eigenvalue weighted by atomic mass is 32.2. The maximum absolute atomic E-state index is 12.3. The number of nitrogens with one attached hydrogen (secondary N) is 1. The van der Waals surface area contributed by atoms with Gasteiger partial charge in [-0.05, 0) is 32.0 Å². The monoisotopic (exact) mass is 328 g/mol. The van der Waals surface area contributed by atoms with Crippen molar-refractivity contribution in [1.29, 1.82) is 0 Å². The second kappa shape index (κ2) is 5.90. The fraction of sp³-hybridized carbons (Fsp3) is 0.308. The zero-order valence-corrected chi connectivity index (χ0v) is 13.5. The minimum absolute atomic E-state index is 0.175. The minimum atomic E-state index is -3.70. The second-order valence-electron chi connectivity index (χ2n) is 4.38. The van der Waals surface area contributed by atoms with Gasteiger partial charge in [0.15, 0.2) is 5.69 Å². The first kappa shape index (κ1) is 15.6. The van der Waals surface area contributed by atoms with Crippen molar-refractivity contribution in [3.05, 3.63) is 35.0 Å². The van der Waals surface area contributed by atoms with Crippen molar-refractivity contribution < 1.29 is 17.9 Å². The molecule has 2 rings (SSSR count). The van der Waals surface area contributed by atoms with Crippen LogP contribution in [0.5, 0.6) is 0 Å². The summed E-state index contributed by atoms with van der Waals surface area (Å²) in [4.78, 5) is 12.8. The van der Waals surface area contributed by atoms with E-state index in [-0.39, 0.29) is 22.2 Å². The molecule has 0 radical (unpaired) electrons. The summed E-state index contributed by atoms with van der Waals surface area (Å²) in [6, 6.07) is 4.80. The van der Waals surface area contributed by atoms with E-state index in [1.54, 1.807) is 26.2 Å². The van der Waals surface area contributed by atoms with Gasteiger partial charge >= 0.3 is 5.97 Å². The molecule has 0 fully saturated rings. The summed E-state index contributed by atoms with van der Waals surface area (Å²) in [5.74, 6) is -0.565. The number of sulfonamides is 1. The van der Waals surface area contributed by atoms with Gasteiger partial charge in [0.25, 0.3) is 10.0 Å². The maximum Gasteiger partial charge on any atom is 0.357 e. The van der Waals surface area contributed by atoms with Crippen LogP contribution in [-0.2, 0) is 21.8 Å². The molecule has 0 spiro atoms. The number of carbonyl (C=O) groups excluding carboxylic acids is 1. The lowest BCUT2D eigenvalue weighted by molar-refractivity contribution is 0.0516. The quantitative estimate of drug-likeness (QED) is 0.855. The standard InChI is InChI=1S/C13H16N2O4S2/c1-4-19-13(16)12-10(7-8-15(12)3)14-21(17,18)11-6-5-9(2)20-11/h5-8,14H,4H2,1-3H3. The number of esters is 1. The van der Waals surface area contributed by atoms with Gasteiger partial charge in [-0.1, -0.05) is 0 Å². The molecule has 114 valence electrons. The molecule has 1 N–H and O–H groups in total. The number of ether oxygens (including phenoxy) is 1. The minimum Gasteiger partial charge on any atom is -0.461 e. The first-order valence-corrected chi connectivity index (χ1v) is 8.57. The van der Waals surface area contributed by atoms with Gasteiger partial charge in [0.1, 0.15) is 4.21 Å². The van der Waals surface area contributed by atoms with Crippen LogP contribution in [0.4, 0.5) is 5.69 Å². The van der Waals surface area contributed by atoms with Crippen LogP contribution in [-0.4, -0.2) is 25.6 Å². The molecular formula is C13H16N2O4S2. The third kappa shape index (κ3) is 3.27. The first-order valence-electron chi connectivity index (χ1n) is 6.27. The third-order valence-corrected chi connectivity index (χ3v) is 5.62.